The van der Waals surface area contributed by atoms with Crippen molar-refractivity contribution in [3.63, 3.8) is 0 Å². The molecule has 5 heteroatoms. The summed E-state index contributed by atoms with van der Waals surface area (Å²) in [5.74, 6) is -0.232. The normalized spacial score (nSPS) is 12.0. The van der Waals surface area contributed by atoms with Gasteiger partial charge in [-0.1, -0.05) is 53.5 Å². The number of nitrogens with two attached hydrogens (primary N) is 1. The van der Waals surface area contributed by atoms with Gasteiger partial charge in [-0.15, -0.1) is 0 Å². The van der Waals surface area contributed by atoms with Crippen LogP contribution in [0.1, 0.15) is 12.0 Å². The first-order valence-electron chi connectivity index (χ1n) is 6.61. The molecule has 0 bridgehead atoms. The highest BCUT2D eigenvalue weighted by molar-refractivity contribution is 6.42. The van der Waals surface area contributed by atoms with E-state index < -0.39 is 6.04 Å². The van der Waals surface area contributed by atoms with Crippen LogP contribution in [0, 0.1) is 0 Å². The maximum Gasteiger partial charge on any atom is 0.241 e. The number of benzene rings is 2. The van der Waals surface area contributed by atoms with Crippen LogP contribution in [-0.4, -0.2) is 11.9 Å². The lowest BCUT2D eigenvalue weighted by Crippen LogP contribution is -2.36. The average Bonchev–Trinajstić information content (AvgIpc) is 2.49. The van der Waals surface area contributed by atoms with Gasteiger partial charge in [-0.25, -0.2) is 0 Å². The zero-order valence-corrected chi connectivity index (χ0v) is 12.9. The third-order valence-corrected chi connectivity index (χ3v) is 3.85. The second-order valence-corrected chi connectivity index (χ2v) is 5.56. The summed E-state index contributed by atoms with van der Waals surface area (Å²) in [5, 5.41) is 3.58. The maximum absolute atomic E-state index is 12.0. The number of carbonyl (C=O) groups is 1. The summed E-state index contributed by atoms with van der Waals surface area (Å²) in [4.78, 5) is 12.0. The molecule has 2 rings (SSSR count). The minimum Gasteiger partial charge on any atom is -0.325 e. The highest BCUT2D eigenvalue weighted by atomic mass is 35.5. The topological polar surface area (TPSA) is 55.1 Å². The molecule has 2 aromatic rings. The fraction of sp³-hybridized carbons (Fsp3) is 0.188. The van der Waals surface area contributed by atoms with Gasteiger partial charge < -0.3 is 11.1 Å². The van der Waals surface area contributed by atoms with Crippen molar-refractivity contribution < 1.29 is 4.79 Å². The molecule has 3 N–H and O–H groups in total. The molecule has 0 fully saturated rings. The second kappa shape index (κ2) is 7.46. The van der Waals surface area contributed by atoms with Crippen LogP contribution in [0.5, 0.6) is 0 Å². The van der Waals surface area contributed by atoms with Crippen LogP contribution < -0.4 is 11.1 Å². The fourth-order valence-electron chi connectivity index (χ4n) is 1.91. The quantitative estimate of drug-likeness (QED) is 0.877. The zero-order chi connectivity index (χ0) is 15.2. The number of anilines is 1. The predicted molar refractivity (Wildman–Crippen MR) is 87.8 cm³/mol. The first kappa shape index (κ1) is 15.8. The third-order valence-electron chi connectivity index (χ3n) is 3.11. The lowest BCUT2D eigenvalue weighted by Gasteiger charge is -2.12. The molecule has 21 heavy (non-hydrogen) atoms. The van der Waals surface area contributed by atoms with Gasteiger partial charge in [0, 0.05) is 5.69 Å². The lowest BCUT2D eigenvalue weighted by atomic mass is 10.1. The van der Waals surface area contributed by atoms with Gasteiger partial charge in [0.2, 0.25) is 5.91 Å². The number of hydrogen-bond acceptors (Lipinski definition) is 2. The van der Waals surface area contributed by atoms with E-state index in [-0.39, 0.29) is 5.91 Å². The van der Waals surface area contributed by atoms with Gasteiger partial charge in [0.15, 0.2) is 0 Å². The molecule has 0 heterocycles. The van der Waals surface area contributed by atoms with E-state index >= 15 is 0 Å². The highest BCUT2D eigenvalue weighted by Crippen LogP contribution is 2.25. The van der Waals surface area contributed by atoms with Crippen LogP contribution in [0.25, 0.3) is 0 Å². The molecule has 0 aliphatic rings. The Kier molecular flexibility index (Phi) is 5.62. The van der Waals surface area contributed by atoms with Crippen molar-refractivity contribution in [2.24, 2.45) is 5.73 Å². The van der Waals surface area contributed by atoms with E-state index in [2.05, 4.69) is 5.32 Å². The molecule has 110 valence electrons. The van der Waals surface area contributed by atoms with E-state index in [1.807, 2.05) is 30.3 Å². The van der Waals surface area contributed by atoms with Crippen molar-refractivity contribution in [3.8, 4) is 0 Å². The Morgan fingerprint density at radius 2 is 1.81 bits per heavy atom. The monoisotopic (exact) mass is 322 g/mol. The van der Waals surface area contributed by atoms with Crippen molar-refractivity contribution >= 4 is 34.8 Å². The van der Waals surface area contributed by atoms with Gasteiger partial charge in [0.25, 0.3) is 0 Å². The third kappa shape index (κ3) is 4.74. The molecule has 0 saturated heterocycles. The Hall–Kier alpha value is -1.55. The summed E-state index contributed by atoms with van der Waals surface area (Å²) in [6.45, 7) is 0. The number of rotatable bonds is 5. The van der Waals surface area contributed by atoms with Crippen LogP contribution in [0.3, 0.4) is 0 Å². The van der Waals surface area contributed by atoms with E-state index in [9.17, 15) is 4.79 Å². The number of carbonyl (C=O) groups excluding carboxylic acids is 1. The van der Waals surface area contributed by atoms with Gasteiger partial charge in [-0.2, -0.15) is 0 Å². The number of amides is 1. The van der Waals surface area contributed by atoms with E-state index in [0.29, 0.717) is 22.2 Å². The molecule has 0 radical (unpaired) electrons. The van der Waals surface area contributed by atoms with E-state index in [4.69, 9.17) is 28.9 Å². The van der Waals surface area contributed by atoms with E-state index in [1.165, 1.54) is 0 Å². The molecule has 1 unspecified atom stereocenters. The molecule has 3 nitrogen and oxygen atoms in total. The smallest absolute Gasteiger partial charge is 0.241 e. The Balaban J connectivity index is 1.89. The summed E-state index contributed by atoms with van der Waals surface area (Å²) >= 11 is 11.7. The molecule has 2 aromatic carbocycles. The molecule has 1 amide bonds. The SMILES string of the molecule is NC(CCc1ccccc1)C(=O)Nc1ccc(Cl)c(Cl)c1. The van der Waals surface area contributed by atoms with E-state index in [0.717, 1.165) is 12.0 Å². The highest BCUT2D eigenvalue weighted by Gasteiger charge is 2.14. The summed E-state index contributed by atoms with van der Waals surface area (Å²) in [5.41, 5.74) is 7.66. The van der Waals surface area contributed by atoms with Crippen molar-refractivity contribution in [1.82, 2.24) is 0 Å². The van der Waals surface area contributed by atoms with Crippen molar-refractivity contribution in [3.05, 3.63) is 64.1 Å². The van der Waals surface area contributed by atoms with Gasteiger partial charge in [-0.05, 0) is 36.6 Å². The molecular weight excluding hydrogens is 307 g/mol. The Bertz CT molecular complexity index is 617. The summed E-state index contributed by atoms with van der Waals surface area (Å²) in [7, 11) is 0. The minimum atomic E-state index is -0.570. The molecule has 0 aromatic heterocycles. The average molecular weight is 323 g/mol. The minimum absolute atomic E-state index is 0.232. The predicted octanol–water partition coefficient (Wildman–Crippen LogP) is 3.89. The van der Waals surface area contributed by atoms with Crippen LogP contribution in [-0.2, 0) is 11.2 Å². The molecule has 0 spiro atoms. The lowest BCUT2D eigenvalue weighted by molar-refractivity contribution is -0.117. The zero-order valence-electron chi connectivity index (χ0n) is 11.4. The van der Waals surface area contributed by atoms with Crippen molar-refractivity contribution in [2.75, 3.05) is 5.32 Å². The first-order valence-corrected chi connectivity index (χ1v) is 7.37. The molecule has 0 aliphatic carbocycles. The van der Waals surface area contributed by atoms with Crippen molar-refractivity contribution in [2.45, 2.75) is 18.9 Å². The second-order valence-electron chi connectivity index (χ2n) is 4.75. The molecule has 1 atom stereocenters. The Morgan fingerprint density at radius 3 is 2.48 bits per heavy atom. The summed E-state index contributed by atoms with van der Waals surface area (Å²) in [6, 6.07) is 14.3. The number of nitrogens with one attached hydrogen (secondary N) is 1. The first-order chi connectivity index (χ1) is 10.1. The molecule has 0 aliphatic heterocycles. The van der Waals surface area contributed by atoms with Gasteiger partial charge in [0.05, 0.1) is 16.1 Å². The largest absolute Gasteiger partial charge is 0.325 e. The Labute approximate surface area is 134 Å². The van der Waals surface area contributed by atoms with Crippen LogP contribution in [0.2, 0.25) is 10.0 Å². The standard InChI is InChI=1S/C16H16Cl2N2O/c17-13-8-7-12(10-14(13)18)20-16(21)15(19)9-6-11-4-2-1-3-5-11/h1-5,7-8,10,15H,6,9,19H2,(H,20,21). The number of aryl methyl sites for hydroxylation is 1. The molecular formula is C16H16Cl2N2O. The Morgan fingerprint density at radius 1 is 1.10 bits per heavy atom. The maximum atomic E-state index is 12.0. The van der Waals surface area contributed by atoms with Gasteiger partial charge in [-0.3, -0.25) is 4.79 Å². The van der Waals surface area contributed by atoms with E-state index in [1.54, 1.807) is 18.2 Å². The number of hydrogen-bond donors (Lipinski definition) is 2. The fourth-order valence-corrected chi connectivity index (χ4v) is 2.20. The molecule has 0 saturated carbocycles. The van der Waals surface area contributed by atoms with Crippen LogP contribution in [0.4, 0.5) is 5.69 Å². The van der Waals surface area contributed by atoms with Crippen LogP contribution >= 0.6 is 23.2 Å². The van der Waals surface area contributed by atoms with Gasteiger partial charge in [0.1, 0.15) is 0 Å². The van der Waals surface area contributed by atoms with Gasteiger partial charge >= 0.3 is 0 Å². The number of halogens is 2. The van der Waals surface area contributed by atoms with Crippen molar-refractivity contribution in [1.29, 1.82) is 0 Å². The summed E-state index contributed by atoms with van der Waals surface area (Å²) < 4.78 is 0. The van der Waals surface area contributed by atoms with Crippen LogP contribution in [0.15, 0.2) is 48.5 Å². The summed E-state index contributed by atoms with van der Waals surface area (Å²) in [6.07, 6.45) is 1.34.